The molecule has 1 fully saturated rings. The van der Waals surface area contributed by atoms with E-state index in [2.05, 4.69) is 20.4 Å². The van der Waals surface area contributed by atoms with Crippen LogP contribution in [0.15, 0.2) is 78.1 Å². The highest BCUT2D eigenvalue weighted by molar-refractivity contribution is 6.04. The maximum atomic E-state index is 14.4. The minimum Gasteiger partial charge on any atom is -0.368 e. The van der Waals surface area contributed by atoms with Crippen molar-refractivity contribution in [3.05, 3.63) is 89.4 Å². The molecule has 1 saturated heterocycles. The standard InChI is InChI=1S/C31H27F3N8O/c1-39-18-21(16-38-39)25-6-4-20(15-36-25)19-3-7-26-23(13-19)29-28(17-37-26)40(2)30(43)42(29)22-5-8-27(24(14-22)31(32,33)34)41-11-9-35-10-12-41/h3-8,13-18,35H,9-12H2,1-2H3. The average molecular weight is 585 g/mol. The topological polar surface area (TPSA) is 85.8 Å². The lowest BCUT2D eigenvalue weighted by molar-refractivity contribution is -0.137. The van der Waals surface area contributed by atoms with E-state index >= 15 is 0 Å². The quantitative estimate of drug-likeness (QED) is 0.322. The normalized spacial score (nSPS) is 14.2. The van der Waals surface area contributed by atoms with Gasteiger partial charge in [0, 0.05) is 74.9 Å². The lowest BCUT2D eigenvalue weighted by Crippen LogP contribution is -2.44. The van der Waals surface area contributed by atoms with Crippen LogP contribution in [-0.4, -0.2) is 55.1 Å². The van der Waals surface area contributed by atoms with Crippen LogP contribution in [0, 0.1) is 0 Å². The van der Waals surface area contributed by atoms with Crippen molar-refractivity contribution in [2.24, 2.45) is 14.1 Å². The lowest BCUT2D eigenvalue weighted by Gasteiger charge is -2.31. The second-order valence-electron chi connectivity index (χ2n) is 10.7. The molecule has 1 N–H and O–H groups in total. The molecule has 0 bridgehead atoms. The lowest BCUT2D eigenvalue weighted by atomic mass is 10.0. The number of rotatable bonds is 4. The molecule has 7 rings (SSSR count). The van der Waals surface area contributed by atoms with Crippen molar-refractivity contribution in [2.75, 3.05) is 31.1 Å². The van der Waals surface area contributed by atoms with Crippen LogP contribution >= 0.6 is 0 Å². The molecular formula is C31H27F3N8O. The van der Waals surface area contributed by atoms with E-state index in [-0.39, 0.29) is 11.4 Å². The largest absolute Gasteiger partial charge is 0.418 e. The smallest absolute Gasteiger partial charge is 0.368 e. The Morgan fingerprint density at radius 1 is 0.860 bits per heavy atom. The molecule has 0 aliphatic carbocycles. The molecule has 1 aliphatic rings. The van der Waals surface area contributed by atoms with Crippen LogP contribution in [0.1, 0.15) is 5.56 Å². The summed E-state index contributed by atoms with van der Waals surface area (Å²) in [4.78, 5) is 24.5. The van der Waals surface area contributed by atoms with Gasteiger partial charge in [0.2, 0.25) is 0 Å². The second-order valence-corrected chi connectivity index (χ2v) is 10.7. The van der Waals surface area contributed by atoms with Gasteiger partial charge in [-0.1, -0.05) is 12.1 Å². The number of nitrogens with zero attached hydrogens (tertiary/aromatic N) is 7. The highest BCUT2D eigenvalue weighted by Gasteiger charge is 2.36. The van der Waals surface area contributed by atoms with E-state index in [0.29, 0.717) is 48.1 Å². The first kappa shape index (κ1) is 26.9. The first-order valence-corrected chi connectivity index (χ1v) is 13.8. The fraction of sp³-hybridized carbons (Fsp3) is 0.226. The number of imidazole rings is 1. The van der Waals surface area contributed by atoms with Crippen LogP contribution in [0.5, 0.6) is 0 Å². The van der Waals surface area contributed by atoms with Gasteiger partial charge >= 0.3 is 11.9 Å². The maximum absolute atomic E-state index is 14.4. The van der Waals surface area contributed by atoms with Crippen molar-refractivity contribution in [1.82, 2.24) is 34.2 Å². The summed E-state index contributed by atoms with van der Waals surface area (Å²) in [6.07, 6.45) is 2.38. The van der Waals surface area contributed by atoms with Crippen LogP contribution in [0.25, 0.3) is 50.0 Å². The zero-order valence-corrected chi connectivity index (χ0v) is 23.4. The summed E-state index contributed by atoms with van der Waals surface area (Å²) in [5, 5.41) is 8.01. The summed E-state index contributed by atoms with van der Waals surface area (Å²) in [5.41, 5.74) is 4.00. The van der Waals surface area contributed by atoms with Crippen molar-refractivity contribution in [3.8, 4) is 28.1 Å². The number of aromatic nitrogens is 6. The molecular weight excluding hydrogens is 557 g/mol. The van der Waals surface area contributed by atoms with Gasteiger partial charge in [0.1, 0.15) is 0 Å². The Kier molecular flexibility index (Phi) is 6.31. The van der Waals surface area contributed by atoms with E-state index in [1.807, 2.05) is 43.6 Å². The fourth-order valence-corrected chi connectivity index (χ4v) is 5.78. The molecule has 0 spiro atoms. The number of hydrogen-bond acceptors (Lipinski definition) is 6. The first-order chi connectivity index (χ1) is 20.7. The van der Waals surface area contributed by atoms with Crippen molar-refractivity contribution >= 4 is 27.6 Å². The number of nitrogens with one attached hydrogen (secondary N) is 1. The molecule has 0 amide bonds. The van der Waals surface area contributed by atoms with Gasteiger partial charge in [0.05, 0.1) is 45.9 Å². The van der Waals surface area contributed by atoms with Gasteiger partial charge in [-0.25, -0.2) is 4.79 Å². The summed E-state index contributed by atoms with van der Waals surface area (Å²) in [6.45, 7) is 2.14. The predicted molar refractivity (Wildman–Crippen MR) is 159 cm³/mol. The molecule has 4 aromatic heterocycles. The maximum Gasteiger partial charge on any atom is 0.418 e. The number of piperazine rings is 1. The summed E-state index contributed by atoms with van der Waals surface area (Å²) in [6, 6.07) is 13.7. The number of aryl methyl sites for hydroxylation is 2. The summed E-state index contributed by atoms with van der Waals surface area (Å²) in [5.74, 6) is 0. The molecule has 5 heterocycles. The minimum absolute atomic E-state index is 0.113. The number of alkyl halides is 3. The van der Waals surface area contributed by atoms with E-state index < -0.39 is 17.4 Å². The van der Waals surface area contributed by atoms with Gasteiger partial charge in [-0.05, 0) is 42.0 Å². The molecule has 2 aromatic carbocycles. The van der Waals surface area contributed by atoms with Gasteiger partial charge in [0.25, 0.3) is 0 Å². The zero-order chi connectivity index (χ0) is 29.9. The monoisotopic (exact) mass is 584 g/mol. The molecule has 0 unspecified atom stereocenters. The number of fused-ring (bicyclic) bond motifs is 3. The van der Waals surface area contributed by atoms with Crippen molar-refractivity contribution in [1.29, 1.82) is 0 Å². The number of benzene rings is 2. The third kappa shape index (κ3) is 4.63. The van der Waals surface area contributed by atoms with Crippen LogP contribution in [0.3, 0.4) is 0 Å². The number of pyridine rings is 2. The van der Waals surface area contributed by atoms with Crippen LogP contribution in [0.2, 0.25) is 0 Å². The van der Waals surface area contributed by atoms with Gasteiger partial charge in [-0.2, -0.15) is 18.3 Å². The summed E-state index contributed by atoms with van der Waals surface area (Å²) < 4.78 is 47.7. The Hall–Kier alpha value is -4.97. The van der Waals surface area contributed by atoms with E-state index in [9.17, 15) is 18.0 Å². The number of halogens is 3. The average Bonchev–Trinajstić information content (AvgIpc) is 3.57. The van der Waals surface area contributed by atoms with E-state index in [1.54, 1.807) is 41.3 Å². The van der Waals surface area contributed by atoms with Crippen LogP contribution in [-0.2, 0) is 20.3 Å². The van der Waals surface area contributed by atoms with Crippen LogP contribution in [0.4, 0.5) is 18.9 Å². The van der Waals surface area contributed by atoms with E-state index in [0.717, 1.165) is 28.5 Å². The third-order valence-electron chi connectivity index (χ3n) is 7.98. The van der Waals surface area contributed by atoms with E-state index in [4.69, 9.17) is 0 Å². The Morgan fingerprint density at radius 3 is 2.35 bits per heavy atom. The number of anilines is 1. The Labute approximate surface area is 243 Å². The summed E-state index contributed by atoms with van der Waals surface area (Å²) in [7, 11) is 3.44. The molecule has 43 heavy (non-hydrogen) atoms. The molecule has 12 heteroatoms. The Balaban J connectivity index is 1.39. The second kappa shape index (κ2) is 10.1. The van der Waals surface area contributed by atoms with E-state index in [1.165, 1.54) is 15.2 Å². The first-order valence-electron chi connectivity index (χ1n) is 13.8. The van der Waals surface area contributed by atoms with Gasteiger partial charge in [-0.15, -0.1) is 0 Å². The van der Waals surface area contributed by atoms with Crippen molar-refractivity contribution < 1.29 is 13.2 Å². The van der Waals surface area contributed by atoms with Gasteiger partial charge < -0.3 is 10.2 Å². The minimum atomic E-state index is -4.60. The fourth-order valence-electron chi connectivity index (χ4n) is 5.78. The highest BCUT2D eigenvalue weighted by atomic mass is 19.4. The molecule has 0 saturated carbocycles. The zero-order valence-electron chi connectivity index (χ0n) is 23.4. The molecule has 0 radical (unpaired) electrons. The molecule has 0 atom stereocenters. The Bertz CT molecular complexity index is 2050. The molecule has 1 aliphatic heterocycles. The SMILES string of the molecule is Cn1cc(-c2ccc(-c3ccc4ncc5c(c4c3)n(-c3ccc(N4CCNCC4)c(C(F)(F)F)c3)c(=O)n5C)cn2)cn1. The predicted octanol–water partition coefficient (Wildman–Crippen LogP) is 4.77. The van der Waals surface area contributed by atoms with Gasteiger partial charge in [0.15, 0.2) is 0 Å². The molecule has 6 aromatic rings. The van der Waals surface area contributed by atoms with Crippen molar-refractivity contribution in [3.63, 3.8) is 0 Å². The highest BCUT2D eigenvalue weighted by Crippen LogP contribution is 2.39. The molecule has 9 nitrogen and oxygen atoms in total. The van der Waals surface area contributed by atoms with Gasteiger partial charge in [-0.3, -0.25) is 23.8 Å². The third-order valence-corrected chi connectivity index (χ3v) is 7.98. The number of hydrogen-bond donors (Lipinski definition) is 1. The summed E-state index contributed by atoms with van der Waals surface area (Å²) >= 11 is 0. The van der Waals surface area contributed by atoms with Crippen molar-refractivity contribution in [2.45, 2.75) is 6.18 Å². The Morgan fingerprint density at radius 2 is 1.65 bits per heavy atom. The molecule has 218 valence electrons. The van der Waals surface area contributed by atoms with Crippen LogP contribution < -0.4 is 15.9 Å².